The first kappa shape index (κ1) is 24.8. The van der Waals surface area contributed by atoms with E-state index in [0.717, 1.165) is 16.5 Å². The molecule has 3 aromatic rings. The van der Waals surface area contributed by atoms with Crippen LogP contribution in [0.15, 0.2) is 54.7 Å². The van der Waals surface area contributed by atoms with Gasteiger partial charge in [0, 0.05) is 42.8 Å². The van der Waals surface area contributed by atoms with E-state index in [1.165, 1.54) is 6.92 Å². The summed E-state index contributed by atoms with van der Waals surface area (Å²) < 4.78 is 7.10. The van der Waals surface area contributed by atoms with Crippen LogP contribution in [0.4, 0.5) is 5.69 Å². The van der Waals surface area contributed by atoms with Crippen molar-refractivity contribution in [3.8, 4) is 5.75 Å². The number of fused-ring (bicyclic) bond motifs is 1. The summed E-state index contributed by atoms with van der Waals surface area (Å²) in [6, 6.07) is 14.3. The summed E-state index contributed by atoms with van der Waals surface area (Å²) in [6.07, 6.45) is 1.97. The van der Waals surface area contributed by atoms with E-state index in [1.807, 2.05) is 61.0 Å². The van der Waals surface area contributed by atoms with Crippen LogP contribution in [0.2, 0.25) is 0 Å². The lowest BCUT2D eigenvalue weighted by molar-refractivity contribution is -0.131. The fraction of sp³-hybridized carbons (Fsp3) is 0.346. The summed E-state index contributed by atoms with van der Waals surface area (Å²) >= 11 is 0. The minimum Gasteiger partial charge on any atom is -0.497 e. The zero-order valence-electron chi connectivity index (χ0n) is 20.1. The van der Waals surface area contributed by atoms with Crippen molar-refractivity contribution in [3.63, 3.8) is 0 Å². The van der Waals surface area contributed by atoms with Gasteiger partial charge in [-0.05, 0) is 55.8 Å². The van der Waals surface area contributed by atoms with Gasteiger partial charge in [0.25, 0.3) is 0 Å². The lowest BCUT2D eigenvalue weighted by Gasteiger charge is -2.19. The number of hydrogen-bond donors (Lipinski definition) is 2. The quantitative estimate of drug-likeness (QED) is 0.478. The number of hydrogen-bond acceptors (Lipinski definition) is 4. The molecule has 0 bridgehead atoms. The molecule has 180 valence electrons. The van der Waals surface area contributed by atoms with E-state index < -0.39 is 6.04 Å². The second kappa shape index (κ2) is 11.4. The van der Waals surface area contributed by atoms with E-state index >= 15 is 0 Å². The minimum absolute atomic E-state index is 0.0717. The summed E-state index contributed by atoms with van der Waals surface area (Å²) in [5.41, 5.74) is 2.39. The summed E-state index contributed by atoms with van der Waals surface area (Å²) in [6.45, 7) is 7.00. The van der Waals surface area contributed by atoms with Crippen LogP contribution >= 0.6 is 0 Å². The number of rotatable bonds is 10. The number of carbonyl (C=O) groups is 3. The number of aromatic nitrogens is 1. The standard InChI is InChI=1S/C26H32N4O4/c1-5-29(6-2)26(33)17-30-14-13-20-15-21(9-12-24(20)30)28-25(32)16-23(27-18(3)31)19-7-10-22(34-4)11-8-19/h7-15,23H,5-6,16-17H2,1-4H3,(H,27,31)(H,28,32). The van der Waals surface area contributed by atoms with Crippen molar-refractivity contribution in [2.75, 3.05) is 25.5 Å². The number of methoxy groups -OCH3 is 1. The van der Waals surface area contributed by atoms with Gasteiger partial charge >= 0.3 is 0 Å². The van der Waals surface area contributed by atoms with Crippen molar-refractivity contribution in [3.05, 3.63) is 60.3 Å². The molecule has 3 amide bonds. The second-order valence-electron chi connectivity index (χ2n) is 8.06. The maximum atomic E-state index is 12.8. The molecule has 2 aromatic carbocycles. The minimum atomic E-state index is -0.459. The number of likely N-dealkylation sites (N-methyl/N-ethyl adjacent to an activating group) is 1. The lowest BCUT2D eigenvalue weighted by Crippen LogP contribution is -2.33. The fourth-order valence-corrected chi connectivity index (χ4v) is 3.97. The van der Waals surface area contributed by atoms with Crippen molar-refractivity contribution < 1.29 is 19.1 Å². The highest BCUT2D eigenvalue weighted by atomic mass is 16.5. The maximum absolute atomic E-state index is 12.8. The molecule has 0 saturated carbocycles. The Bertz CT molecular complexity index is 1150. The summed E-state index contributed by atoms with van der Waals surface area (Å²) in [7, 11) is 1.59. The number of nitrogens with one attached hydrogen (secondary N) is 2. The molecule has 1 aromatic heterocycles. The van der Waals surface area contributed by atoms with Crippen LogP contribution in [0.1, 0.15) is 38.8 Å². The first-order chi connectivity index (χ1) is 16.3. The number of amides is 3. The van der Waals surface area contributed by atoms with E-state index in [1.54, 1.807) is 24.1 Å². The molecule has 8 nitrogen and oxygen atoms in total. The molecule has 8 heteroatoms. The van der Waals surface area contributed by atoms with Gasteiger partial charge in [-0.15, -0.1) is 0 Å². The van der Waals surface area contributed by atoms with Gasteiger partial charge in [-0.25, -0.2) is 0 Å². The van der Waals surface area contributed by atoms with Gasteiger partial charge in [-0.2, -0.15) is 0 Å². The predicted octanol–water partition coefficient (Wildman–Crippen LogP) is 3.72. The van der Waals surface area contributed by atoms with E-state index in [4.69, 9.17) is 4.74 Å². The molecule has 3 rings (SSSR count). The average Bonchev–Trinajstić information content (AvgIpc) is 3.21. The third-order valence-corrected chi connectivity index (χ3v) is 5.76. The molecule has 1 heterocycles. The number of carbonyl (C=O) groups excluding carboxylic acids is 3. The third-order valence-electron chi connectivity index (χ3n) is 5.76. The smallest absolute Gasteiger partial charge is 0.242 e. The Kier molecular flexibility index (Phi) is 8.29. The van der Waals surface area contributed by atoms with Crippen LogP contribution in [-0.4, -0.2) is 47.4 Å². The molecule has 0 radical (unpaired) electrons. The number of nitrogens with zero attached hydrogens (tertiary/aromatic N) is 2. The van der Waals surface area contributed by atoms with Crippen LogP contribution in [0, 0.1) is 0 Å². The highest BCUT2D eigenvalue weighted by Gasteiger charge is 2.18. The third kappa shape index (κ3) is 6.15. The Hall–Kier alpha value is -3.81. The van der Waals surface area contributed by atoms with Crippen LogP contribution in [0.3, 0.4) is 0 Å². The molecule has 0 aliphatic heterocycles. The second-order valence-corrected chi connectivity index (χ2v) is 8.06. The van der Waals surface area contributed by atoms with Crippen LogP contribution < -0.4 is 15.4 Å². The van der Waals surface area contributed by atoms with Gasteiger partial charge in [0.1, 0.15) is 12.3 Å². The Labute approximate surface area is 199 Å². The van der Waals surface area contributed by atoms with Crippen molar-refractivity contribution >= 4 is 34.3 Å². The van der Waals surface area contributed by atoms with Gasteiger partial charge in [-0.1, -0.05) is 12.1 Å². The summed E-state index contributed by atoms with van der Waals surface area (Å²) in [4.78, 5) is 38.8. The zero-order valence-corrected chi connectivity index (χ0v) is 20.1. The van der Waals surface area contributed by atoms with E-state index in [-0.39, 0.29) is 30.7 Å². The van der Waals surface area contributed by atoms with Crippen molar-refractivity contribution in [2.24, 2.45) is 0 Å². The van der Waals surface area contributed by atoms with Gasteiger partial charge in [-0.3, -0.25) is 14.4 Å². The Morgan fingerprint density at radius 1 is 1.03 bits per heavy atom. The Balaban J connectivity index is 1.70. The van der Waals surface area contributed by atoms with Crippen LogP contribution in [-0.2, 0) is 20.9 Å². The molecule has 1 unspecified atom stereocenters. The van der Waals surface area contributed by atoms with E-state index in [0.29, 0.717) is 24.5 Å². The monoisotopic (exact) mass is 464 g/mol. The lowest BCUT2D eigenvalue weighted by atomic mass is 10.0. The molecule has 1 atom stereocenters. The molecule has 0 spiro atoms. The van der Waals surface area contributed by atoms with Gasteiger partial charge in [0.2, 0.25) is 17.7 Å². The average molecular weight is 465 g/mol. The number of ether oxygens (including phenoxy) is 1. The van der Waals surface area contributed by atoms with Crippen molar-refractivity contribution in [2.45, 2.75) is 39.8 Å². The molecule has 0 aliphatic rings. The first-order valence-electron chi connectivity index (χ1n) is 11.4. The van der Waals surface area contributed by atoms with E-state index in [2.05, 4.69) is 10.6 Å². The van der Waals surface area contributed by atoms with Gasteiger partial charge in [0.15, 0.2) is 0 Å². The maximum Gasteiger partial charge on any atom is 0.242 e. The normalized spacial score (nSPS) is 11.6. The molecule has 2 N–H and O–H groups in total. The topological polar surface area (TPSA) is 92.7 Å². The molecular formula is C26H32N4O4. The highest BCUT2D eigenvalue weighted by Crippen LogP contribution is 2.23. The number of anilines is 1. The number of benzene rings is 2. The largest absolute Gasteiger partial charge is 0.497 e. The van der Waals surface area contributed by atoms with E-state index in [9.17, 15) is 14.4 Å². The fourth-order valence-electron chi connectivity index (χ4n) is 3.97. The van der Waals surface area contributed by atoms with Crippen LogP contribution in [0.25, 0.3) is 10.9 Å². The molecule has 34 heavy (non-hydrogen) atoms. The Morgan fingerprint density at radius 2 is 1.74 bits per heavy atom. The molecule has 0 aliphatic carbocycles. The van der Waals surface area contributed by atoms with Crippen LogP contribution in [0.5, 0.6) is 5.75 Å². The Morgan fingerprint density at radius 3 is 2.35 bits per heavy atom. The molecule has 0 fully saturated rings. The predicted molar refractivity (Wildman–Crippen MR) is 133 cm³/mol. The molecule has 0 saturated heterocycles. The highest BCUT2D eigenvalue weighted by molar-refractivity contribution is 5.94. The zero-order chi connectivity index (χ0) is 24.7. The van der Waals surface area contributed by atoms with Gasteiger partial charge in [0.05, 0.1) is 19.6 Å². The van der Waals surface area contributed by atoms with Crippen molar-refractivity contribution in [1.82, 2.24) is 14.8 Å². The van der Waals surface area contributed by atoms with Crippen molar-refractivity contribution in [1.29, 1.82) is 0 Å². The SMILES string of the molecule is CCN(CC)C(=O)Cn1ccc2cc(NC(=O)CC(NC(C)=O)c3ccc(OC)cc3)ccc21. The molecular weight excluding hydrogens is 432 g/mol. The first-order valence-corrected chi connectivity index (χ1v) is 11.4. The summed E-state index contributed by atoms with van der Waals surface area (Å²) in [5.74, 6) is 0.344. The van der Waals surface area contributed by atoms with Gasteiger partial charge < -0.3 is 24.8 Å². The summed E-state index contributed by atoms with van der Waals surface area (Å²) in [5, 5.41) is 6.69.